The molecule has 20 heavy (non-hydrogen) atoms. The molecule has 0 radical (unpaired) electrons. The van der Waals surface area contributed by atoms with Gasteiger partial charge in [-0.15, -0.1) is 11.8 Å². The number of hydrogen-bond acceptors (Lipinski definition) is 4. The van der Waals surface area contributed by atoms with Crippen LogP contribution >= 0.6 is 11.8 Å². The first-order valence-corrected chi connectivity index (χ1v) is 7.42. The Labute approximate surface area is 123 Å². The Morgan fingerprint density at radius 2 is 1.85 bits per heavy atom. The largest absolute Gasteiger partial charge is 0.351 e. The number of rotatable bonds is 6. The van der Waals surface area contributed by atoms with Gasteiger partial charge in [0.15, 0.2) is 0 Å². The second-order valence-corrected chi connectivity index (χ2v) is 5.88. The summed E-state index contributed by atoms with van der Waals surface area (Å²) in [5, 5.41) is 5.04. The molecule has 0 saturated heterocycles. The van der Waals surface area contributed by atoms with Gasteiger partial charge in [-0.3, -0.25) is 10.1 Å². The lowest BCUT2D eigenvalue weighted by Gasteiger charge is -2.14. The Morgan fingerprint density at radius 1 is 1.25 bits per heavy atom. The van der Waals surface area contributed by atoms with Gasteiger partial charge >= 0.3 is 6.03 Å². The van der Waals surface area contributed by atoms with Crippen LogP contribution in [0, 0.1) is 0 Å². The molecule has 0 bridgehead atoms. The van der Waals surface area contributed by atoms with Gasteiger partial charge < -0.3 is 11.1 Å². The van der Waals surface area contributed by atoms with Crippen molar-refractivity contribution in [2.45, 2.75) is 37.0 Å². The van der Waals surface area contributed by atoms with E-state index in [0.717, 1.165) is 11.4 Å². The van der Waals surface area contributed by atoms with E-state index < -0.39 is 6.03 Å². The first-order chi connectivity index (χ1) is 9.43. The molecule has 2 unspecified atom stereocenters. The second-order valence-electron chi connectivity index (χ2n) is 4.46. The molecule has 1 rings (SSSR count). The number of imide groups is 1. The van der Waals surface area contributed by atoms with Crippen molar-refractivity contribution in [3.63, 3.8) is 0 Å². The van der Waals surface area contributed by atoms with Crippen LogP contribution < -0.4 is 16.4 Å². The van der Waals surface area contributed by atoms with Gasteiger partial charge in [0.1, 0.15) is 0 Å². The van der Waals surface area contributed by atoms with Crippen LogP contribution in [0.4, 0.5) is 4.79 Å². The summed E-state index contributed by atoms with van der Waals surface area (Å²) in [6.07, 6.45) is 0. The Morgan fingerprint density at radius 3 is 2.35 bits per heavy atom. The Hall–Kier alpha value is -1.53. The molecule has 0 aliphatic rings. The fourth-order valence-corrected chi connectivity index (χ4v) is 2.61. The predicted molar refractivity (Wildman–Crippen MR) is 81.6 cm³/mol. The number of hydrogen-bond donors (Lipinski definition) is 3. The normalized spacial score (nSPS) is 13.6. The number of urea groups is 1. The zero-order valence-electron chi connectivity index (χ0n) is 12.0. The predicted octanol–water partition coefficient (Wildman–Crippen LogP) is 2.03. The van der Waals surface area contributed by atoms with Gasteiger partial charge in [0.2, 0.25) is 5.91 Å². The van der Waals surface area contributed by atoms with Gasteiger partial charge in [0.05, 0.1) is 5.25 Å². The van der Waals surface area contributed by atoms with E-state index in [-0.39, 0.29) is 11.2 Å². The maximum absolute atomic E-state index is 11.6. The highest BCUT2D eigenvalue weighted by molar-refractivity contribution is 8.00. The summed E-state index contributed by atoms with van der Waals surface area (Å²) in [6, 6.07) is 7.50. The molecule has 1 aromatic carbocycles. The monoisotopic (exact) mass is 295 g/mol. The van der Waals surface area contributed by atoms with E-state index in [9.17, 15) is 9.59 Å². The maximum atomic E-state index is 11.6. The third-order valence-corrected chi connectivity index (χ3v) is 3.93. The molecule has 4 N–H and O–H groups in total. The summed E-state index contributed by atoms with van der Waals surface area (Å²) < 4.78 is 0. The van der Waals surface area contributed by atoms with Gasteiger partial charge in [0.25, 0.3) is 0 Å². The van der Waals surface area contributed by atoms with Crippen molar-refractivity contribution in [3.8, 4) is 0 Å². The number of nitrogens with one attached hydrogen (secondary N) is 2. The van der Waals surface area contributed by atoms with Gasteiger partial charge in [0, 0.05) is 10.9 Å². The minimum absolute atomic E-state index is 0.301. The summed E-state index contributed by atoms with van der Waals surface area (Å²) in [5.41, 5.74) is 6.12. The highest BCUT2D eigenvalue weighted by Crippen LogP contribution is 2.25. The van der Waals surface area contributed by atoms with Crippen LogP contribution in [0.1, 0.15) is 32.4 Å². The van der Waals surface area contributed by atoms with Crippen LogP contribution in [0.2, 0.25) is 0 Å². The highest BCUT2D eigenvalue weighted by Gasteiger charge is 2.15. The van der Waals surface area contributed by atoms with E-state index >= 15 is 0 Å². The van der Waals surface area contributed by atoms with E-state index in [1.165, 1.54) is 17.3 Å². The van der Waals surface area contributed by atoms with E-state index in [0.29, 0.717) is 6.04 Å². The van der Waals surface area contributed by atoms with Gasteiger partial charge in [-0.2, -0.15) is 0 Å². The SMILES string of the molecule is CCNC(C)c1ccc(SC(C)C(=O)NC(N)=O)cc1. The number of carbonyl (C=O) groups excluding carboxylic acids is 2. The highest BCUT2D eigenvalue weighted by atomic mass is 32.2. The molecule has 5 nitrogen and oxygen atoms in total. The topological polar surface area (TPSA) is 84.2 Å². The lowest BCUT2D eigenvalue weighted by Crippen LogP contribution is -2.39. The smallest absolute Gasteiger partial charge is 0.318 e. The van der Waals surface area contributed by atoms with Crippen LogP contribution in [-0.2, 0) is 4.79 Å². The zero-order valence-corrected chi connectivity index (χ0v) is 12.8. The molecular weight excluding hydrogens is 274 g/mol. The standard InChI is InChI=1S/C14H21N3O2S/c1-4-16-9(2)11-5-7-12(8-6-11)20-10(3)13(18)17-14(15)19/h5-10,16H,4H2,1-3H3,(H3,15,17,18,19). The zero-order chi connectivity index (χ0) is 15.1. The maximum Gasteiger partial charge on any atom is 0.318 e. The average Bonchev–Trinajstić information content (AvgIpc) is 2.39. The Kier molecular flexibility index (Phi) is 6.54. The van der Waals surface area contributed by atoms with Gasteiger partial charge in [-0.1, -0.05) is 19.1 Å². The Balaban J connectivity index is 2.61. The van der Waals surface area contributed by atoms with E-state index in [1.54, 1.807) is 6.92 Å². The molecule has 0 aliphatic heterocycles. The van der Waals surface area contributed by atoms with Crippen LogP contribution in [0.5, 0.6) is 0 Å². The third-order valence-electron chi connectivity index (χ3n) is 2.82. The fourth-order valence-electron chi connectivity index (χ4n) is 1.74. The van der Waals surface area contributed by atoms with Crippen LogP contribution in [0.25, 0.3) is 0 Å². The minimum Gasteiger partial charge on any atom is -0.351 e. The van der Waals surface area contributed by atoms with E-state index in [4.69, 9.17) is 5.73 Å². The Bertz CT molecular complexity index is 462. The molecule has 0 aliphatic carbocycles. The van der Waals surface area contributed by atoms with E-state index in [1.807, 2.05) is 24.3 Å². The van der Waals surface area contributed by atoms with E-state index in [2.05, 4.69) is 24.5 Å². The number of amides is 3. The first kappa shape index (κ1) is 16.5. The molecule has 1 aromatic rings. The second kappa shape index (κ2) is 7.91. The van der Waals surface area contributed by atoms with Crippen molar-refractivity contribution in [3.05, 3.63) is 29.8 Å². The van der Waals surface area contributed by atoms with Crippen molar-refractivity contribution >= 4 is 23.7 Å². The summed E-state index contributed by atoms with van der Waals surface area (Å²) >= 11 is 1.39. The summed E-state index contributed by atoms with van der Waals surface area (Å²) in [4.78, 5) is 23.2. The molecule has 0 saturated carbocycles. The summed E-state index contributed by atoms with van der Waals surface area (Å²) in [5.74, 6) is -0.382. The average molecular weight is 295 g/mol. The number of nitrogens with two attached hydrogens (primary N) is 1. The number of benzene rings is 1. The third kappa shape index (κ3) is 5.22. The minimum atomic E-state index is -0.822. The molecule has 3 amide bonds. The fraction of sp³-hybridized carbons (Fsp3) is 0.429. The number of carbonyl (C=O) groups is 2. The van der Waals surface area contributed by atoms with Crippen molar-refractivity contribution in [2.24, 2.45) is 5.73 Å². The molecule has 2 atom stereocenters. The summed E-state index contributed by atoms with van der Waals surface area (Å²) in [6.45, 7) is 6.83. The molecule has 0 aromatic heterocycles. The molecule has 0 fully saturated rings. The number of primary amides is 1. The quantitative estimate of drug-likeness (QED) is 0.701. The molecule has 0 spiro atoms. The van der Waals surface area contributed by atoms with Crippen molar-refractivity contribution in [2.75, 3.05) is 6.54 Å². The van der Waals surface area contributed by atoms with Crippen molar-refractivity contribution in [1.82, 2.24) is 10.6 Å². The lowest BCUT2D eigenvalue weighted by atomic mass is 10.1. The molecule has 6 heteroatoms. The number of thioether (sulfide) groups is 1. The summed E-state index contributed by atoms with van der Waals surface area (Å²) in [7, 11) is 0. The molecular formula is C14H21N3O2S. The van der Waals surface area contributed by atoms with Gasteiger partial charge in [-0.05, 0) is 38.1 Å². The van der Waals surface area contributed by atoms with Gasteiger partial charge in [-0.25, -0.2) is 4.79 Å². The lowest BCUT2D eigenvalue weighted by molar-refractivity contribution is -0.119. The van der Waals surface area contributed by atoms with Crippen molar-refractivity contribution < 1.29 is 9.59 Å². The molecule has 110 valence electrons. The molecule has 0 heterocycles. The van der Waals surface area contributed by atoms with Crippen LogP contribution in [0.3, 0.4) is 0 Å². The first-order valence-electron chi connectivity index (χ1n) is 6.54. The van der Waals surface area contributed by atoms with Crippen LogP contribution in [0.15, 0.2) is 29.2 Å². The van der Waals surface area contributed by atoms with Crippen molar-refractivity contribution in [1.29, 1.82) is 0 Å². The van der Waals surface area contributed by atoms with Crippen LogP contribution in [-0.4, -0.2) is 23.7 Å².